The summed E-state index contributed by atoms with van der Waals surface area (Å²) in [6.07, 6.45) is 7.55. The molecule has 6 heteroatoms. The molecule has 2 aromatic rings. The molecule has 0 radical (unpaired) electrons. The average Bonchev–Trinajstić information content (AvgIpc) is 2.96. The van der Waals surface area contributed by atoms with Crippen LogP contribution in [0.4, 0.5) is 0 Å². The fraction of sp³-hybridized carbons (Fsp3) is 0.526. The molecule has 0 aliphatic heterocycles. The number of aromatic carboxylic acids is 1. The van der Waals surface area contributed by atoms with Gasteiger partial charge < -0.3 is 5.11 Å². The molecule has 5 nitrogen and oxygen atoms in total. The summed E-state index contributed by atoms with van der Waals surface area (Å²) in [4.78, 5) is 11.7. The van der Waals surface area contributed by atoms with Gasteiger partial charge in [0.2, 0.25) is 0 Å². The molecule has 0 amide bonds. The van der Waals surface area contributed by atoms with E-state index in [4.69, 9.17) is 12.2 Å². The average molecular weight is 355 g/mol. The predicted octanol–water partition coefficient (Wildman–Crippen LogP) is 4.10. The Morgan fingerprint density at radius 1 is 1.16 bits per heavy atom. The highest BCUT2D eigenvalue weighted by molar-refractivity contribution is 7.71. The molecule has 6 rings (SSSR count). The number of aromatic amines is 1. The second-order valence-electron chi connectivity index (χ2n) is 8.21. The van der Waals surface area contributed by atoms with Gasteiger partial charge in [-0.15, -0.1) is 0 Å². The first-order valence-corrected chi connectivity index (χ1v) is 9.47. The Morgan fingerprint density at radius 2 is 1.76 bits per heavy atom. The lowest BCUT2D eigenvalue weighted by Crippen LogP contribution is -2.49. The van der Waals surface area contributed by atoms with Crippen LogP contribution in [0.5, 0.6) is 0 Å². The first-order chi connectivity index (χ1) is 12.1. The van der Waals surface area contributed by atoms with E-state index < -0.39 is 5.97 Å². The Hall–Kier alpha value is -1.95. The lowest BCUT2D eigenvalue weighted by molar-refractivity contribution is -0.0102. The van der Waals surface area contributed by atoms with Crippen LogP contribution in [0, 0.1) is 22.5 Å². The molecule has 2 N–H and O–H groups in total. The monoisotopic (exact) mass is 355 g/mol. The van der Waals surface area contributed by atoms with Gasteiger partial charge in [-0.05, 0) is 80.6 Å². The maximum Gasteiger partial charge on any atom is 0.337 e. The number of carboxylic acids is 1. The van der Waals surface area contributed by atoms with Gasteiger partial charge in [0, 0.05) is 5.41 Å². The number of hydrogen-bond donors (Lipinski definition) is 2. The van der Waals surface area contributed by atoms with E-state index in [2.05, 4.69) is 10.2 Å². The minimum atomic E-state index is -0.935. The van der Waals surface area contributed by atoms with Crippen molar-refractivity contribution in [3.8, 4) is 5.69 Å². The first-order valence-electron chi connectivity index (χ1n) is 9.06. The number of nitrogens with zero attached hydrogens (tertiary/aromatic N) is 2. The standard InChI is InChI=1S/C19H21N3O2S/c23-16(24)14-3-1-2-4-15(14)22-17(20-21-18(22)25)19-8-11-5-12(9-19)7-13(6-11)10-19/h1-4,11-13H,5-10H2,(H,21,25)(H,23,24). The summed E-state index contributed by atoms with van der Waals surface area (Å²) >= 11 is 5.51. The van der Waals surface area contributed by atoms with Crippen molar-refractivity contribution in [1.82, 2.24) is 14.8 Å². The van der Waals surface area contributed by atoms with E-state index in [1.54, 1.807) is 12.1 Å². The molecular weight excluding hydrogens is 334 g/mol. The van der Waals surface area contributed by atoms with Crippen LogP contribution in [-0.2, 0) is 5.41 Å². The van der Waals surface area contributed by atoms with Crippen molar-refractivity contribution in [3.63, 3.8) is 0 Å². The van der Waals surface area contributed by atoms with Gasteiger partial charge in [-0.1, -0.05) is 12.1 Å². The van der Waals surface area contributed by atoms with Crippen LogP contribution in [0.2, 0.25) is 0 Å². The highest BCUT2D eigenvalue weighted by Gasteiger charge is 2.53. The summed E-state index contributed by atoms with van der Waals surface area (Å²) < 4.78 is 2.38. The second kappa shape index (κ2) is 5.27. The number of benzene rings is 1. The van der Waals surface area contributed by atoms with Crippen LogP contribution < -0.4 is 0 Å². The zero-order valence-corrected chi connectivity index (χ0v) is 14.8. The van der Waals surface area contributed by atoms with Crippen molar-refractivity contribution < 1.29 is 9.90 Å². The maximum atomic E-state index is 11.7. The van der Waals surface area contributed by atoms with E-state index in [1.807, 2.05) is 16.7 Å². The van der Waals surface area contributed by atoms with Gasteiger partial charge in [0.1, 0.15) is 5.82 Å². The number of hydrogen-bond acceptors (Lipinski definition) is 3. The Bertz CT molecular complexity index is 878. The SMILES string of the molecule is O=C(O)c1ccccc1-n1c(C23CC4CC(CC(C4)C2)C3)n[nH]c1=S. The van der Waals surface area contributed by atoms with Gasteiger partial charge in [0.15, 0.2) is 4.77 Å². The van der Waals surface area contributed by atoms with Crippen molar-refractivity contribution >= 4 is 18.2 Å². The number of para-hydroxylation sites is 1. The topological polar surface area (TPSA) is 70.9 Å². The molecule has 4 bridgehead atoms. The molecule has 0 unspecified atom stereocenters. The van der Waals surface area contributed by atoms with Gasteiger partial charge in [-0.2, -0.15) is 5.10 Å². The Balaban J connectivity index is 1.69. The highest BCUT2D eigenvalue weighted by atomic mass is 32.1. The molecule has 130 valence electrons. The van der Waals surface area contributed by atoms with Crippen molar-refractivity contribution in [2.75, 3.05) is 0 Å². The van der Waals surface area contributed by atoms with E-state index in [0.29, 0.717) is 10.5 Å². The van der Waals surface area contributed by atoms with E-state index >= 15 is 0 Å². The number of rotatable bonds is 3. The molecule has 0 spiro atoms. The number of carbonyl (C=O) groups is 1. The molecule has 4 saturated carbocycles. The second-order valence-corrected chi connectivity index (χ2v) is 8.59. The molecule has 0 saturated heterocycles. The first kappa shape index (κ1) is 15.3. The van der Waals surface area contributed by atoms with Crippen LogP contribution >= 0.6 is 12.2 Å². The molecule has 1 aromatic carbocycles. The van der Waals surface area contributed by atoms with Gasteiger partial charge in [-0.3, -0.25) is 9.67 Å². The quantitative estimate of drug-likeness (QED) is 0.813. The van der Waals surface area contributed by atoms with E-state index in [9.17, 15) is 9.90 Å². The van der Waals surface area contributed by atoms with Crippen molar-refractivity contribution in [2.24, 2.45) is 17.8 Å². The third kappa shape index (κ3) is 2.23. The maximum absolute atomic E-state index is 11.7. The van der Waals surface area contributed by atoms with Gasteiger partial charge in [-0.25, -0.2) is 4.79 Å². The van der Waals surface area contributed by atoms with Crippen molar-refractivity contribution in [3.05, 3.63) is 40.4 Å². The molecule has 4 aliphatic carbocycles. The smallest absolute Gasteiger partial charge is 0.337 e. The fourth-order valence-electron chi connectivity index (χ4n) is 6.11. The van der Waals surface area contributed by atoms with Crippen LogP contribution in [-0.4, -0.2) is 25.8 Å². The largest absolute Gasteiger partial charge is 0.478 e. The van der Waals surface area contributed by atoms with Crippen molar-refractivity contribution in [1.29, 1.82) is 0 Å². The summed E-state index contributed by atoms with van der Waals surface area (Å²) in [5, 5.41) is 17.2. The Labute approximate surface area is 151 Å². The molecule has 0 atom stereocenters. The summed E-state index contributed by atoms with van der Waals surface area (Å²) in [6, 6.07) is 7.08. The Morgan fingerprint density at radius 3 is 2.36 bits per heavy atom. The fourth-order valence-corrected chi connectivity index (χ4v) is 6.34. The minimum absolute atomic E-state index is 0.0495. The third-order valence-corrected chi connectivity index (χ3v) is 6.83. The van der Waals surface area contributed by atoms with Crippen LogP contribution in [0.1, 0.15) is 54.7 Å². The van der Waals surface area contributed by atoms with Crippen molar-refractivity contribution in [2.45, 2.75) is 43.9 Å². The van der Waals surface area contributed by atoms with Crippen LogP contribution in [0.15, 0.2) is 24.3 Å². The minimum Gasteiger partial charge on any atom is -0.478 e. The molecule has 1 heterocycles. The number of nitrogens with one attached hydrogen (secondary N) is 1. The van der Waals surface area contributed by atoms with E-state index in [1.165, 1.54) is 19.3 Å². The Kier molecular flexibility index (Phi) is 3.23. The number of H-pyrrole nitrogens is 1. The lowest BCUT2D eigenvalue weighted by Gasteiger charge is -2.56. The van der Waals surface area contributed by atoms with E-state index in [-0.39, 0.29) is 11.0 Å². The third-order valence-electron chi connectivity index (χ3n) is 6.56. The molecule has 1 aromatic heterocycles. The van der Waals surface area contributed by atoms with Gasteiger partial charge >= 0.3 is 5.97 Å². The lowest BCUT2D eigenvalue weighted by atomic mass is 9.49. The summed E-state index contributed by atoms with van der Waals surface area (Å²) in [5.41, 5.74) is 0.943. The van der Waals surface area contributed by atoms with Gasteiger partial charge in [0.05, 0.1) is 11.3 Å². The summed E-state index contributed by atoms with van der Waals surface area (Å²) in [6.45, 7) is 0. The molecular formula is C19H21N3O2S. The summed E-state index contributed by atoms with van der Waals surface area (Å²) in [5.74, 6) is 2.39. The number of aromatic nitrogens is 3. The predicted molar refractivity (Wildman–Crippen MR) is 95.6 cm³/mol. The zero-order valence-electron chi connectivity index (χ0n) is 13.9. The van der Waals surface area contributed by atoms with Crippen LogP contribution in [0.25, 0.3) is 5.69 Å². The molecule has 4 fully saturated rings. The van der Waals surface area contributed by atoms with Gasteiger partial charge in [0.25, 0.3) is 0 Å². The highest BCUT2D eigenvalue weighted by Crippen LogP contribution is 2.60. The zero-order chi connectivity index (χ0) is 17.2. The number of carboxylic acid groups (broad SMARTS) is 1. The van der Waals surface area contributed by atoms with E-state index in [0.717, 1.165) is 42.8 Å². The van der Waals surface area contributed by atoms with Crippen LogP contribution in [0.3, 0.4) is 0 Å². The molecule has 25 heavy (non-hydrogen) atoms. The molecule has 4 aliphatic rings. The normalized spacial score (nSPS) is 32.9. The summed E-state index contributed by atoms with van der Waals surface area (Å²) in [7, 11) is 0.